The normalized spacial score (nSPS) is 11.1. The number of aryl methyl sites for hydroxylation is 1. The van der Waals surface area contributed by atoms with Crippen LogP contribution in [0.2, 0.25) is 4.34 Å². The van der Waals surface area contributed by atoms with Crippen molar-refractivity contribution in [2.75, 3.05) is 12.3 Å². The lowest BCUT2D eigenvalue weighted by Crippen LogP contribution is -2.16. The molecule has 0 aromatic carbocycles. The van der Waals surface area contributed by atoms with Gasteiger partial charge in [0.15, 0.2) is 5.16 Å². The standard InChI is InChI=1S/C11H15ClN4S2/c1-8-14-15-11(16(8)2)17-6-5-13-7-9-3-4-10(12)18-9/h3-4,13H,5-7H2,1-2H3. The molecule has 0 bridgehead atoms. The number of thioether (sulfide) groups is 1. The van der Waals surface area contributed by atoms with Crippen LogP contribution in [-0.4, -0.2) is 27.1 Å². The van der Waals surface area contributed by atoms with E-state index in [9.17, 15) is 0 Å². The molecule has 0 radical (unpaired) electrons. The van der Waals surface area contributed by atoms with Crippen molar-refractivity contribution in [1.82, 2.24) is 20.1 Å². The molecular formula is C11H15ClN4S2. The van der Waals surface area contributed by atoms with Gasteiger partial charge in [-0.3, -0.25) is 0 Å². The summed E-state index contributed by atoms with van der Waals surface area (Å²) >= 11 is 9.20. The van der Waals surface area contributed by atoms with Gasteiger partial charge in [-0.25, -0.2) is 0 Å². The molecule has 0 unspecified atom stereocenters. The van der Waals surface area contributed by atoms with Crippen molar-refractivity contribution in [3.05, 3.63) is 27.2 Å². The van der Waals surface area contributed by atoms with E-state index >= 15 is 0 Å². The van der Waals surface area contributed by atoms with E-state index < -0.39 is 0 Å². The number of thiophene rings is 1. The van der Waals surface area contributed by atoms with Gasteiger partial charge in [0.1, 0.15) is 5.82 Å². The summed E-state index contributed by atoms with van der Waals surface area (Å²) < 4.78 is 2.85. The lowest BCUT2D eigenvalue weighted by Gasteiger charge is -2.03. The summed E-state index contributed by atoms with van der Waals surface area (Å²) in [7, 11) is 1.98. The van der Waals surface area contributed by atoms with Crippen LogP contribution in [0.25, 0.3) is 0 Å². The number of nitrogens with one attached hydrogen (secondary N) is 1. The first-order chi connectivity index (χ1) is 8.66. The Balaban J connectivity index is 1.66. The van der Waals surface area contributed by atoms with E-state index in [0.717, 1.165) is 34.2 Å². The van der Waals surface area contributed by atoms with Gasteiger partial charge in [-0.15, -0.1) is 21.5 Å². The molecule has 2 rings (SSSR count). The maximum absolute atomic E-state index is 5.87. The van der Waals surface area contributed by atoms with Crippen LogP contribution >= 0.6 is 34.7 Å². The van der Waals surface area contributed by atoms with Crippen molar-refractivity contribution in [2.45, 2.75) is 18.6 Å². The highest BCUT2D eigenvalue weighted by atomic mass is 35.5. The fourth-order valence-electron chi connectivity index (χ4n) is 1.39. The Morgan fingerprint density at radius 3 is 2.89 bits per heavy atom. The van der Waals surface area contributed by atoms with Gasteiger partial charge in [-0.05, 0) is 19.1 Å². The van der Waals surface area contributed by atoms with Gasteiger partial charge in [-0.1, -0.05) is 23.4 Å². The molecule has 98 valence electrons. The van der Waals surface area contributed by atoms with Crippen molar-refractivity contribution in [3.8, 4) is 0 Å². The molecule has 2 heterocycles. The minimum atomic E-state index is 0.843. The molecule has 0 amide bonds. The third-order valence-corrected chi connectivity index (χ3v) is 4.74. The zero-order valence-electron chi connectivity index (χ0n) is 10.3. The zero-order chi connectivity index (χ0) is 13.0. The lowest BCUT2D eigenvalue weighted by molar-refractivity contribution is 0.734. The Bertz CT molecular complexity index is 509. The predicted molar refractivity (Wildman–Crippen MR) is 77.5 cm³/mol. The summed E-state index contributed by atoms with van der Waals surface area (Å²) in [4.78, 5) is 1.26. The Hall–Kier alpha value is -0.560. The molecule has 18 heavy (non-hydrogen) atoms. The zero-order valence-corrected chi connectivity index (χ0v) is 12.7. The number of aromatic nitrogens is 3. The van der Waals surface area contributed by atoms with Crippen LogP contribution in [0.5, 0.6) is 0 Å². The number of hydrogen-bond acceptors (Lipinski definition) is 5. The summed E-state index contributed by atoms with van der Waals surface area (Å²) in [5, 5.41) is 12.5. The second-order valence-electron chi connectivity index (χ2n) is 3.82. The van der Waals surface area contributed by atoms with E-state index in [2.05, 4.69) is 21.6 Å². The largest absolute Gasteiger partial charge is 0.311 e. The summed E-state index contributed by atoms with van der Waals surface area (Å²) in [6.45, 7) is 3.76. The van der Waals surface area contributed by atoms with Crippen molar-refractivity contribution in [1.29, 1.82) is 0 Å². The topological polar surface area (TPSA) is 42.7 Å². The molecule has 0 aliphatic rings. The first-order valence-corrected chi connectivity index (χ1v) is 7.78. The number of nitrogens with zero attached hydrogens (tertiary/aromatic N) is 3. The molecule has 4 nitrogen and oxygen atoms in total. The molecular weight excluding hydrogens is 288 g/mol. The predicted octanol–water partition coefficient (Wildman–Crippen LogP) is 2.72. The fraction of sp³-hybridized carbons (Fsp3) is 0.455. The summed E-state index contributed by atoms with van der Waals surface area (Å²) in [6.07, 6.45) is 0. The molecule has 0 aliphatic carbocycles. The van der Waals surface area contributed by atoms with E-state index in [0.29, 0.717) is 0 Å². The van der Waals surface area contributed by atoms with Crippen molar-refractivity contribution < 1.29 is 0 Å². The molecule has 2 aromatic rings. The van der Waals surface area contributed by atoms with Crippen molar-refractivity contribution in [3.63, 3.8) is 0 Å². The van der Waals surface area contributed by atoms with E-state index in [1.165, 1.54) is 4.88 Å². The molecule has 2 aromatic heterocycles. The highest BCUT2D eigenvalue weighted by Gasteiger charge is 2.04. The summed E-state index contributed by atoms with van der Waals surface area (Å²) in [5.41, 5.74) is 0. The monoisotopic (exact) mass is 302 g/mol. The third kappa shape index (κ3) is 3.71. The van der Waals surface area contributed by atoms with Crippen molar-refractivity contribution in [2.24, 2.45) is 7.05 Å². The number of halogens is 1. The minimum Gasteiger partial charge on any atom is -0.311 e. The smallest absolute Gasteiger partial charge is 0.190 e. The molecule has 0 aliphatic heterocycles. The average molecular weight is 303 g/mol. The second-order valence-corrected chi connectivity index (χ2v) is 6.68. The van der Waals surface area contributed by atoms with Gasteiger partial charge in [0.2, 0.25) is 0 Å². The number of hydrogen-bond donors (Lipinski definition) is 1. The second kappa shape index (κ2) is 6.56. The van der Waals surface area contributed by atoms with E-state index in [-0.39, 0.29) is 0 Å². The quantitative estimate of drug-likeness (QED) is 0.658. The molecule has 0 fully saturated rings. The Kier molecular flexibility index (Phi) is 5.05. The average Bonchev–Trinajstić information content (AvgIpc) is 2.89. The van der Waals surface area contributed by atoms with Crippen LogP contribution < -0.4 is 5.32 Å². The molecule has 0 saturated carbocycles. The SMILES string of the molecule is Cc1nnc(SCCNCc2ccc(Cl)s2)n1C. The minimum absolute atomic E-state index is 0.843. The number of rotatable bonds is 6. The van der Waals surface area contributed by atoms with Gasteiger partial charge >= 0.3 is 0 Å². The van der Waals surface area contributed by atoms with Gasteiger partial charge in [0.25, 0.3) is 0 Å². The Morgan fingerprint density at radius 2 is 2.28 bits per heavy atom. The van der Waals surface area contributed by atoms with Crippen molar-refractivity contribution >= 4 is 34.7 Å². The van der Waals surface area contributed by atoms with E-state index in [1.54, 1.807) is 23.1 Å². The molecule has 0 saturated heterocycles. The van der Waals surface area contributed by atoms with Crippen LogP contribution in [-0.2, 0) is 13.6 Å². The van der Waals surface area contributed by atoms with Crippen LogP contribution in [0.15, 0.2) is 17.3 Å². The maximum atomic E-state index is 5.87. The highest BCUT2D eigenvalue weighted by molar-refractivity contribution is 7.99. The third-order valence-electron chi connectivity index (χ3n) is 2.49. The summed E-state index contributed by atoms with van der Waals surface area (Å²) in [5.74, 6) is 1.92. The highest BCUT2D eigenvalue weighted by Crippen LogP contribution is 2.21. The first-order valence-electron chi connectivity index (χ1n) is 5.60. The first kappa shape index (κ1) is 13.9. The fourth-order valence-corrected chi connectivity index (χ4v) is 3.30. The van der Waals surface area contributed by atoms with Gasteiger partial charge in [0.05, 0.1) is 4.34 Å². The van der Waals surface area contributed by atoms with Gasteiger partial charge in [-0.2, -0.15) is 0 Å². The van der Waals surface area contributed by atoms with Crippen LogP contribution in [0.4, 0.5) is 0 Å². The van der Waals surface area contributed by atoms with Gasteiger partial charge in [0, 0.05) is 30.8 Å². The van der Waals surface area contributed by atoms with Gasteiger partial charge < -0.3 is 9.88 Å². The van der Waals surface area contributed by atoms with Crippen LogP contribution in [0.3, 0.4) is 0 Å². The molecule has 7 heteroatoms. The summed E-state index contributed by atoms with van der Waals surface area (Å²) in [6, 6.07) is 3.99. The maximum Gasteiger partial charge on any atom is 0.190 e. The van der Waals surface area contributed by atoms with E-state index in [4.69, 9.17) is 11.6 Å². The lowest BCUT2D eigenvalue weighted by atomic mass is 10.4. The van der Waals surface area contributed by atoms with E-state index in [1.807, 2.05) is 24.6 Å². The molecule has 1 N–H and O–H groups in total. The Labute approximate surface area is 120 Å². The molecule has 0 spiro atoms. The molecule has 0 atom stereocenters. The van der Waals surface area contributed by atoms with Crippen LogP contribution in [0.1, 0.15) is 10.7 Å². The van der Waals surface area contributed by atoms with Crippen LogP contribution in [0, 0.1) is 6.92 Å². The Morgan fingerprint density at radius 1 is 1.44 bits per heavy atom.